The quantitative estimate of drug-likeness (QED) is 0.315. The van der Waals surface area contributed by atoms with Crippen molar-refractivity contribution in [1.82, 2.24) is 9.97 Å². The van der Waals surface area contributed by atoms with Gasteiger partial charge in [-0.15, -0.1) is 0 Å². The third-order valence-electron chi connectivity index (χ3n) is 0.782. The van der Waals surface area contributed by atoms with Crippen LogP contribution in [0.15, 0.2) is 12.4 Å². The zero-order chi connectivity index (χ0) is 6.69. The Labute approximate surface area is 50.9 Å². The summed E-state index contributed by atoms with van der Waals surface area (Å²) in [6.07, 6.45) is 1.09. The summed E-state index contributed by atoms with van der Waals surface area (Å²) in [7, 11) is 0. The van der Waals surface area contributed by atoms with E-state index in [4.69, 9.17) is 5.84 Å². The molecule has 0 fully saturated rings. The summed E-state index contributed by atoms with van der Waals surface area (Å²) in [4.78, 5) is 6.79. The lowest BCUT2D eigenvalue weighted by atomic mass is 10.6. The van der Waals surface area contributed by atoms with Gasteiger partial charge < -0.3 is 5.43 Å². The number of nitrogens with zero attached hydrogens (tertiary/aromatic N) is 2. The Bertz CT molecular complexity index is 202. The molecule has 0 spiro atoms. The zero-order valence-electron chi connectivity index (χ0n) is 4.50. The van der Waals surface area contributed by atoms with Crippen LogP contribution in [-0.4, -0.2) is 9.97 Å². The lowest BCUT2D eigenvalue weighted by molar-refractivity contribution is 0.580. The van der Waals surface area contributed by atoms with Crippen molar-refractivity contribution in [3.8, 4) is 0 Å². The van der Waals surface area contributed by atoms with Crippen LogP contribution in [0, 0.1) is 5.95 Å². The van der Waals surface area contributed by atoms with E-state index in [0.29, 0.717) is 0 Å². The Balaban J connectivity index is 2.94. The van der Waals surface area contributed by atoms with Crippen molar-refractivity contribution in [3.05, 3.63) is 18.3 Å². The second-order valence-corrected chi connectivity index (χ2v) is 1.37. The SMILES string of the molecule is NNc1cc(F)ncn1. The lowest BCUT2D eigenvalue weighted by Gasteiger charge is -1.94. The molecule has 0 atom stereocenters. The van der Waals surface area contributed by atoms with Crippen molar-refractivity contribution in [2.75, 3.05) is 5.43 Å². The van der Waals surface area contributed by atoms with E-state index in [1.165, 1.54) is 0 Å². The van der Waals surface area contributed by atoms with Crippen LogP contribution in [0.4, 0.5) is 10.2 Å². The summed E-state index contributed by atoms with van der Waals surface area (Å²) < 4.78 is 12.1. The molecule has 0 radical (unpaired) electrons. The number of hydrazine groups is 1. The summed E-state index contributed by atoms with van der Waals surface area (Å²) in [5.41, 5.74) is 2.18. The minimum atomic E-state index is -0.599. The standard InChI is InChI=1S/C4H5FN4/c5-3-1-4(9-6)8-2-7-3/h1-2H,6H2,(H,7,8,9). The van der Waals surface area contributed by atoms with Crippen LogP contribution in [0.1, 0.15) is 0 Å². The van der Waals surface area contributed by atoms with Gasteiger partial charge in [-0.3, -0.25) is 0 Å². The monoisotopic (exact) mass is 128 g/mol. The first-order chi connectivity index (χ1) is 4.33. The molecule has 9 heavy (non-hydrogen) atoms. The largest absolute Gasteiger partial charge is 0.308 e. The van der Waals surface area contributed by atoms with Gasteiger partial charge in [0.05, 0.1) is 0 Å². The van der Waals surface area contributed by atoms with E-state index in [1.54, 1.807) is 0 Å². The van der Waals surface area contributed by atoms with Crippen LogP contribution in [0.25, 0.3) is 0 Å². The van der Waals surface area contributed by atoms with Crippen LogP contribution < -0.4 is 11.3 Å². The van der Waals surface area contributed by atoms with Crippen molar-refractivity contribution >= 4 is 5.82 Å². The molecule has 0 aliphatic carbocycles. The number of hydrogen-bond donors (Lipinski definition) is 2. The molecule has 1 heterocycles. The second kappa shape index (κ2) is 2.36. The van der Waals surface area contributed by atoms with Crippen LogP contribution >= 0.6 is 0 Å². The fourth-order valence-electron chi connectivity index (χ4n) is 0.413. The number of aromatic nitrogens is 2. The second-order valence-electron chi connectivity index (χ2n) is 1.37. The number of rotatable bonds is 1. The minimum Gasteiger partial charge on any atom is -0.308 e. The van der Waals surface area contributed by atoms with Crippen LogP contribution in [0.2, 0.25) is 0 Å². The Kier molecular flexibility index (Phi) is 1.55. The van der Waals surface area contributed by atoms with Gasteiger partial charge in [0.25, 0.3) is 0 Å². The molecule has 48 valence electrons. The molecule has 0 aromatic carbocycles. The third kappa shape index (κ3) is 1.33. The van der Waals surface area contributed by atoms with Crippen molar-refractivity contribution in [2.45, 2.75) is 0 Å². The van der Waals surface area contributed by atoms with Crippen molar-refractivity contribution in [2.24, 2.45) is 5.84 Å². The average molecular weight is 128 g/mol. The third-order valence-corrected chi connectivity index (χ3v) is 0.782. The smallest absolute Gasteiger partial charge is 0.218 e. The molecular weight excluding hydrogens is 123 g/mol. The number of halogens is 1. The fraction of sp³-hybridized carbons (Fsp3) is 0. The maximum Gasteiger partial charge on any atom is 0.218 e. The topological polar surface area (TPSA) is 63.8 Å². The van der Waals surface area contributed by atoms with Crippen molar-refractivity contribution < 1.29 is 4.39 Å². The highest BCUT2D eigenvalue weighted by Crippen LogP contribution is 1.98. The summed E-state index contributed by atoms with van der Waals surface area (Å²) >= 11 is 0. The van der Waals surface area contributed by atoms with E-state index < -0.39 is 5.95 Å². The number of nitrogens with one attached hydrogen (secondary N) is 1. The highest BCUT2D eigenvalue weighted by molar-refractivity contribution is 5.29. The normalized spacial score (nSPS) is 9.11. The van der Waals surface area contributed by atoms with Gasteiger partial charge in [-0.2, -0.15) is 4.39 Å². The summed E-state index contributed by atoms with van der Waals surface area (Å²) in [6.45, 7) is 0. The molecule has 0 bridgehead atoms. The number of nitrogen functional groups attached to an aromatic ring is 1. The zero-order valence-corrected chi connectivity index (χ0v) is 4.50. The van der Waals surface area contributed by atoms with Gasteiger partial charge in [0.1, 0.15) is 12.1 Å². The molecule has 0 saturated heterocycles. The lowest BCUT2D eigenvalue weighted by Crippen LogP contribution is -2.08. The first kappa shape index (κ1) is 5.90. The first-order valence-corrected chi connectivity index (χ1v) is 2.27. The number of hydrogen-bond acceptors (Lipinski definition) is 4. The summed E-state index contributed by atoms with van der Waals surface area (Å²) in [5.74, 6) is 4.58. The molecule has 1 rings (SSSR count). The fourth-order valence-corrected chi connectivity index (χ4v) is 0.413. The maximum absolute atomic E-state index is 12.1. The molecule has 0 aliphatic rings. The number of nitrogens with two attached hydrogens (primary N) is 1. The van der Waals surface area contributed by atoms with Gasteiger partial charge in [-0.25, -0.2) is 15.8 Å². The average Bonchev–Trinajstić information content (AvgIpc) is 1.88. The molecular formula is C4H5FN4. The van der Waals surface area contributed by atoms with Crippen molar-refractivity contribution in [1.29, 1.82) is 0 Å². The van der Waals surface area contributed by atoms with E-state index in [2.05, 4.69) is 15.4 Å². The van der Waals surface area contributed by atoms with Gasteiger partial charge in [-0.1, -0.05) is 0 Å². The van der Waals surface area contributed by atoms with Crippen LogP contribution in [0.5, 0.6) is 0 Å². The van der Waals surface area contributed by atoms with Gasteiger partial charge in [0.15, 0.2) is 0 Å². The Morgan fingerprint density at radius 1 is 1.56 bits per heavy atom. The van der Waals surface area contributed by atoms with Gasteiger partial charge in [0.2, 0.25) is 5.95 Å². The summed E-state index contributed by atoms with van der Waals surface area (Å²) in [5, 5.41) is 0. The highest BCUT2D eigenvalue weighted by atomic mass is 19.1. The molecule has 0 unspecified atom stereocenters. The molecule has 5 heteroatoms. The van der Waals surface area contributed by atoms with E-state index in [-0.39, 0.29) is 5.82 Å². The molecule has 0 aliphatic heterocycles. The maximum atomic E-state index is 12.1. The van der Waals surface area contributed by atoms with Gasteiger partial charge >= 0.3 is 0 Å². The minimum absolute atomic E-state index is 0.266. The molecule has 1 aromatic heterocycles. The van der Waals surface area contributed by atoms with Crippen LogP contribution in [-0.2, 0) is 0 Å². The summed E-state index contributed by atoms with van der Waals surface area (Å²) in [6, 6.07) is 1.10. The van der Waals surface area contributed by atoms with Crippen molar-refractivity contribution in [3.63, 3.8) is 0 Å². The first-order valence-electron chi connectivity index (χ1n) is 2.27. The molecule has 1 aromatic rings. The predicted molar refractivity (Wildman–Crippen MR) is 29.8 cm³/mol. The predicted octanol–water partition coefficient (Wildman–Crippen LogP) is -0.0987. The van der Waals surface area contributed by atoms with Crippen LogP contribution in [0.3, 0.4) is 0 Å². The molecule has 0 saturated carbocycles. The highest BCUT2D eigenvalue weighted by Gasteiger charge is 1.91. The van der Waals surface area contributed by atoms with E-state index in [1.807, 2.05) is 0 Å². The Hall–Kier alpha value is -1.23. The van der Waals surface area contributed by atoms with E-state index in [9.17, 15) is 4.39 Å². The van der Waals surface area contributed by atoms with E-state index in [0.717, 1.165) is 12.4 Å². The molecule has 0 amide bonds. The van der Waals surface area contributed by atoms with Gasteiger partial charge in [0, 0.05) is 6.07 Å². The van der Waals surface area contributed by atoms with Gasteiger partial charge in [-0.05, 0) is 0 Å². The van der Waals surface area contributed by atoms with E-state index >= 15 is 0 Å². The Morgan fingerprint density at radius 2 is 2.33 bits per heavy atom. The number of anilines is 1. The molecule has 4 nitrogen and oxygen atoms in total. The molecule has 3 N–H and O–H groups in total. The Morgan fingerprint density at radius 3 is 2.78 bits per heavy atom.